The number of thiocarbonyl (C=S) groups is 1. The van der Waals surface area contributed by atoms with E-state index < -0.39 is 10.0 Å². The van der Waals surface area contributed by atoms with Crippen molar-refractivity contribution in [2.24, 2.45) is 0 Å². The van der Waals surface area contributed by atoms with Gasteiger partial charge in [-0.1, -0.05) is 6.08 Å². The Morgan fingerprint density at radius 2 is 2.10 bits per heavy atom. The summed E-state index contributed by atoms with van der Waals surface area (Å²) < 4.78 is 27.7. The van der Waals surface area contributed by atoms with Crippen LogP contribution >= 0.6 is 39.5 Å². The van der Waals surface area contributed by atoms with Gasteiger partial charge in [0.1, 0.15) is 4.21 Å². The highest BCUT2D eigenvalue weighted by molar-refractivity contribution is 9.11. The average molecular weight is 410 g/mol. The quantitative estimate of drug-likeness (QED) is 0.607. The van der Waals surface area contributed by atoms with Crippen LogP contribution in [0.4, 0.5) is 0 Å². The van der Waals surface area contributed by atoms with Crippen molar-refractivity contribution in [1.29, 1.82) is 0 Å². The van der Waals surface area contributed by atoms with E-state index in [1.54, 1.807) is 18.2 Å². The first-order chi connectivity index (χ1) is 9.95. The van der Waals surface area contributed by atoms with E-state index in [9.17, 15) is 8.42 Å². The lowest BCUT2D eigenvalue weighted by Gasteiger charge is -2.35. The van der Waals surface area contributed by atoms with Crippen LogP contribution in [0.25, 0.3) is 0 Å². The third kappa shape index (κ3) is 4.04. The second kappa shape index (κ2) is 7.19. The van der Waals surface area contributed by atoms with Crippen LogP contribution in [0.2, 0.25) is 0 Å². The van der Waals surface area contributed by atoms with E-state index >= 15 is 0 Å². The van der Waals surface area contributed by atoms with Gasteiger partial charge in [0.2, 0.25) is 0 Å². The highest BCUT2D eigenvalue weighted by atomic mass is 79.9. The second-order valence-corrected chi connectivity index (χ2v) is 9.44. The molecule has 0 amide bonds. The summed E-state index contributed by atoms with van der Waals surface area (Å²) in [7, 11) is -3.39. The van der Waals surface area contributed by atoms with Crippen molar-refractivity contribution in [3.05, 3.63) is 28.6 Å². The van der Waals surface area contributed by atoms with E-state index in [2.05, 4.69) is 27.8 Å². The number of sulfonamides is 1. The minimum Gasteiger partial charge on any atom is -0.359 e. The van der Waals surface area contributed by atoms with Crippen LogP contribution < -0.4 is 5.32 Å². The SMILES string of the molecule is C=CCNC(=S)N1CCN(S(=O)(=O)c2ccc(Br)s2)CC1. The molecule has 0 radical (unpaired) electrons. The number of nitrogens with zero attached hydrogens (tertiary/aromatic N) is 2. The lowest BCUT2D eigenvalue weighted by atomic mass is 10.4. The zero-order valence-electron chi connectivity index (χ0n) is 11.3. The van der Waals surface area contributed by atoms with Gasteiger partial charge in [-0.25, -0.2) is 8.42 Å². The molecule has 1 aliphatic rings. The van der Waals surface area contributed by atoms with Crippen LogP contribution in [0, 0.1) is 0 Å². The number of halogens is 1. The smallest absolute Gasteiger partial charge is 0.252 e. The number of hydrogen-bond donors (Lipinski definition) is 1. The molecule has 2 heterocycles. The largest absolute Gasteiger partial charge is 0.359 e. The normalized spacial score (nSPS) is 16.7. The van der Waals surface area contributed by atoms with Crippen molar-refractivity contribution < 1.29 is 8.42 Å². The van der Waals surface area contributed by atoms with Crippen molar-refractivity contribution in [3.63, 3.8) is 0 Å². The fourth-order valence-corrected chi connectivity index (χ4v) is 5.82. The number of hydrogen-bond acceptors (Lipinski definition) is 4. The number of piperazine rings is 1. The molecule has 1 N–H and O–H groups in total. The maximum atomic E-state index is 12.5. The van der Waals surface area contributed by atoms with Crippen molar-refractivity contribution in [3.8, 4) is 0 Å². The summed E-state index contributed by atoms with van der Waals surface area (Å²) >= 11 is 9.79. The number of rotatable bonds is 4. The Labute approximate surface area is 142 Å². The van der Waals surface area contributed by atoms with E-state index in [0.29, 0.717) is 42.0 Å². The van der Waals surface area contributed by atoms with E-state index in [1.165, 1.54) is 15.6 Å². The first-order valence-corrected chi connectivity index (χ1v) is 9.80. The predicted octanol–water partition coefficient (Wildman–Crippen LogP) is 1.88. The third-order valence-electron chi connectivity index (χ3n) is 3.07. The summed E-state index contributed by atoms with van der Waals surface area (Å²) in [5.41, 5.74) is 0. The molecule has 0 spiro atoms. The molecule has 0 aliphatic carbocycles. The molecule has 0 bridgehead atoms. The molecule has 2 rings (SSSR count). The molecule has 0 saturated carbocycles. The molecule has 9 heteroatoms. The van der Waals surface area contributed by atoms with Gasteiger partial charge in [-0.3, -0.25) is 0 Å². The lowest BCUT2D eigenvalue weighted by Crippen LogP contribution is -2.52. The van der Waals surface area contributed by atoms with Crippen molar-refractivity contribution >= 4 is 54.6 Å². The van der Waals surface area contributed by atoms with Crippen LogP contribution in [-0.2, 0) is 10.0 Å². The van der Waals surface area contributed by atoms with Gasteiger partial charge in [-0.15, -0.1) is 17.9 Å². The van der Waals surface area contributed by atoms with Crippen LogP contribution in [0.15, 0.2) is 32.8 Å². The summed E-state index contributed by atoms with van der Waals surface area (Å²) in [5, 5.41) is 3.70. The first-order valence-electron chi connectivity index (χ1n) is 6.34. The molecule has 1 aliphatic heterocycles. The van der Waals surface area contributed by atoms with Gasteiger partial charge in [0, 0.05) is 32.7 Å². The minimum atomic E-state index is -3.39. The summed E-state index contributed by atoms with van der Waals surface area (Å²) in [4.78, 5) is 1.98. The Morgan fingerprint density at radius 1 is 1.43 bits per heavy atom. The van der Waals surface area contributed by atoms with Crippen LogP contribution in [0.3, 0.4) is 0 Å². The summed E-state index contributed by atoms with van der Waals surface area (Å²) in [6, 6.07) is 3.38. The molecule has 1 aromatic heterocycles. The lowest BCUT2D eigenvalue weighted by molar-refractivity contribution is 0.265. The Hall–Kier alpha value is -0.480. The van der Waals surface area contributed by atoms with Gasteiger partial charge in [-0.05, 0) is 40.3 Å². The van der Waals surface area contributed by atoms with Crippen molar-refractivity contribution in [2.45, 2.75) is 4.21 Å². The van der Waals surface area contributed by atoms with Gasteiger partial charge < -0.3 is 10.2 Å². The summed E-state index contributed by atoms with van der Waals surface area (Å²) in [5.74, 6) is 0. The maximum absolute atomic E-state index is 12.5. The molecule has 1 aromatic rings. The number of thiophene rings is 1. The zero-order chi connectivity index (χ0) is 15.5. The van der Waals surface area contributed by atoms with Crippen LogP contribution in [-0.4, -0.2) is 55.5 Å². The van der Waals surface area contributed by atoms with Gasteiger partial charge in [-0.2, -0.15) is 4.31 Å². The molecule has 21 heavy (non-hydrogen) atoms. The van der Waals surface area contributed by atoms with Crippen molar-refractivity contribution in [2.75, 3.05) is 32.7 Å². The molecule has 0 aromatic carbocycles. The molecule has 116 valence electrons. The monoisotopic (exact) mass is 409 g/mol. The summed E-state index contributed by atoms with van der Waals surface area (Å²) in [6.07, 6.45) is 1.74. The Balaban J connectivity index is 1.97. The highest BCUT2D eigenvalue weighted by Crippen LogP contribution is 2.28. The second-order valence-electron chi connectivity index (χ2n) is 4.42. The molecule has 1 fully saturated rings. The predicted molar refractivity (Wildman–Crippen MR) is 93.1 cm³/mol. The van der Waals surface area contributed by atoms with E-state index in [0.717, 1.165) is 3.79 Å². The molecule has 0 atom stereocenters. The van der Waals surface area contributed by atoms with Crippen LogP contribution in [0.1, 0.15) is 0 Å². The topological polar surface area (TPSA) is 52.6 Å². The Morgan fingerprint density at radius 3 is 2.62 bits per heavy atom. The molecule has 5 nitrogen and oxygen atoms in total. The highest BCUT2D eigenvalue weighted by Gasteiger charge is 2.30. The molecular formula is C12H16BrN3O2S3. The average Bonchev–Trinajstić information content (AvgIpc) is 2.92. The molecule has 0 unspecified atom stereocenters. The van der Waals surface area contributed by atoms with E-state index in [-0.39, 0.29) is 0 Å². The zero-order valence-corrected chi connectivity index (χ0v) is 15.3. The maximum Gasteiger partial charge on any atom is 0.252 e. The van der Waals surface area contributed by atoms with Gasteiger partial charge >= 0.3 is 0 Å². The Kier molecular flexibility index (Phi) is 5.78. The van der Waals surface area contributed by atoms with Crippen molar-refractivity contribution in [1.82, 2.24) is 14.5 Å². The van der Waals surface area contributed by atoms with Crippen LogP contribution in [0.5, 0.6) is 0 Å². The van der Waals surface area contributed by atoms with E-state index in [1.807, 2.05) is 4.90 Å². The summed E-state index contributed by atoms with van der Waals surface area (Å²) in [6.45, 7) is 6.30. The molecular weight excluding hydrogens is 394 g/mol. The number of nitrogens with one attached hydrogen (secondary N) is 1. The van der Waals surface area contributed by atoms with Gasteiger partial charge in [0.25, 0.3) is 10.0 Å². The standard InChI is InChI=1S/C12H16BrN3O2S3/c1-2-5-14-12(19)15-6-8-16(9-7-15)21(17,18)11-4-3-10(13)20-11/h2-4H,1,5-9H2,(H,14,19). The Bertz CT molecular complexity index is 621. The third-order valence-corrected chi connectivity index (χ3v) is 7.46. The fourth-order valence-electron chi connectivity index (χ4n) is 1.97. The molecule has 1 saturated heterocycles. The fraction of sp³-hybridized carbons (Fsp3) is 0.417. The van der Waals surface area contributed by atoms with Gasteiger partial charge in [0.05, 0.1) is 3.79 Å². The minimum absolute atomic E-state index is 0.371. The first kappa shape index (κ1) is 16.9. The van der Waals surface area contributed by atoms with Gasteiger partial charge in [0.15, 0.2) is 5.11 Å². The van der Waals surface area contributed by atoms with E-state index in [4.69, 9.17) is 12.2 Å².